The summed E-state index contributed by atoms with van der Waals surface area (Å²) in [4.78, 5) is 12.7. The quantitative estimate of drug-likeness (QED) is 0.772. The molecule has 0 aromatic carbocycles. The van der Waals surface area contributed by atoms with Crippen molar-refractivity contribution in [3.63, 3.8) is 0 Å². The lowest BCUT2D eigenvalue weighted by Gasteiger charge is -2.33. The van der Waals surface area contributed by atoms with Crippen LogP contribution < -0.4 is 5.32 Å². The third kappa shape index (κ3) is 4.07. The molecule has 1 unspecified atom stereocenters. The van der Waals surface area contributed by atoms with Crippen LogP contribution in [-0.2, 0) is 4.79 Å². The molecular formula is C12H21F3N2O2. The molecule has 0 aromatic heterocycles. The van der Waals surface area contributed by atoms with Crippen molar-refractivity contribution in [1.29, 1.82) is 0 Å². The summed E-state index contributed by atoms with van der Waals surface area (Å²) in [5, 5.41) is 12.4. The molecule has 0 spiro atoms. The van der Waals surface area contributed by atoms with Crippen molar-refractivity contribution in [2.75, 3.05) is 19.7 Å². The first kappa shape index (κ1) is 16.2. The maximum Gasteiger partial charge on any atom is 0.406 e. The smallest absolute Gasteiger partial charge is 0.394 e. The maximum atomic E-state index is 12.3. The van der Waals surface area contributed by atoms with Gasteiger partial charge >= 0.3 is 6.18 Å². The molecule has 0 saturated carbocycles. The average Bonchev–Trinajstić information content (AvgIpc) is 2.66. The zero-order chi connectivity index (χ0) is 14.7. The predicted octanol–water partition coefficient (Wildman–Crippen LogP) is 1.29. The molecule has 0 aromatic rings. The molecule has 2 N–H and O–H groups in total. The highest BCUT2D eigenvalue weighted by atomic mass is 19.4. The van der Waals surface area contributed by atoms with E-state index in [0.29, 0.717) is 19.3 Å². The minimum atomic E-state index is -4.37. The van der Waals surface area contributed by atoms with E-state index < -0.39 is 30.2 Å². The van der Waals surface area contributed by atoms with Gasteiger partial charge in [-0.05, 0) is 19.3 Å². The van der Waals surface area contributed by atoms with Gasteiger partial charge in [-0.15, -0.1) is 0 Å². The van der Waals surface area contributed by atoms with Crippen molar-refractivity contribution in [3.8, 4) is 0 Å². The molecule has 1 aliphatic rings. The monoisotopic (exact) mass is 282 g/mol. The fourth-order valence-electron chi connectivity index (χ4n) is 2.34. The van der Waals surface area contributed by atoms with Gasteiger partial charge in [-0.3, -0.25) is 10.1 Å². The van der Waals surface area contributed by atoms with Gasteiger partial charge in [0, 0.05) is 12.1 Å². The normalized spacial score (nSPS) is 21.3. The van der Waals surface area contributed by atoms with E-state index in [1.165, 1.54) is 0 Å². The third-order valence-electron chi connectivity index (χ3n) is 3.80. The lowest BCUT2D eigenvalue weighted by Crippen LogP contribution is -2.55. The van der Waals surface area contributed by atoms with E-state index in [2.05, 4.69) is 5.32 Å². The van der Waals surface area contributed by atoms with Gasteiger partial charge < -0.3 is 10.0 Å². The number of nitrogens with zero attached hydrogens (tertiary/aromatic N) is 1. The fraction of sp³-hybridized carbons (Fsp3) is 0.917. The number of nitrogens with one attached hydrogen (secondary N) is 1. The highest BCUT2D eigenvalue weighted by Gasteiger charge is 2.41. The standard InChI is InChI=1S/C12H21F3N2O2/c1-3-11(4-2,8-18)16-9-5-6-17(10(9)19)7-12(13,14)15/h9,16,18H,3-8H2,1-2H3. The Morgan fingerprint density at radius 1 is 1.37 bits per heavy atom. The first-order chi connectivity index (χ1) is 8.77. The van der Waals surface area contributed by atoms with E-state index >= 15 is 0 Å². The summed E-state index contributed by atoms with van der Waals surface area (Å²) < 4.78 is 36.9. The fourth-order valence-corrected chi connectivity index (χ4v) is 2.34. The molecule has 1 atom stereocenters. The zero-order valence-electron chi connectivity index (χ0n) is 11.3. The number of aliphatic hydroxyl groups excluding tert-OH is 1. The lowest BCUT2D eigenvalue weighted by atomic mass is 9.92. The van der Waals surface area contributed by atoms with Gasteiger partial charge in [0.15, 0.2) is 0 Å². The predicted molar refractivity (Wildman–Crippen MR) is 64.6 cm³/mol. The van der Waals surface area contributed by atoms with E-state index in [4.69, 9.17) is 0 Å². The number of hydrogen-bond donors (Lipinski definition) is 2. The Labute approximate surface area is 111 Å². The maximum absolute atomic E-state index is 12.3. The summed E-state index contributed by atoms with van der Waals surface area (Å²) in [5.41, 5.74) is -0.589. The number of rotatable bonds is 6. The molecule has 4 nitrogen and oxygen atoms in total. The second-order valence-electron chi connectivity index (χ2n) is 5.01. The van der Waals surface area contributed by atoms with Crippen LogP contribution >= 0.6 is 0 Å². The van der Waals surface area contributed by atoms with Gasteiger partial charge in [0.05, 0.1) is 12.6 Å². The Hall–Kier alpha value is -0.820. The number of alkyl halides is 3. The molecule has 0 bridgehead atoms. The van der Waals surface area contributed by atoms with Crippen LogP contribution in [0.3, 0.4) is 0 Å². The van der Waals surface area contributed by atoms with Crippen molar-refractivity contribution in [2.45, 2.75) is 50.9 Å². The van der Waals surface area contributed by atoms with Crippen molar-refractivity contribution in [2.24, 2.45) is 0 Å². The number of carbonyl (C=O) groups excluding carboxylic acids is 1. The Morgan fingerprint density at radius 2 is 1.95 bits per heavy atom. The molecule has 1 fully saturated rings. The van der Waals surface area contributed by atoms with Crippen LogP contribution in [0.2, 0.25) is 0 Å². The summed E-state index contributed by atoms with van der Waals surface area (Å²) in [6, 6.07) is -0.630. The molecule has 1 saturated heterocycles. The Bertz CT molecular complexity index is 308. The number of amides is 1. The second kappa shape index (κ2) is 6.09. The molecule has 1 heterocycles. The van der Waals surface area contributed by atoms with Gasteiger partial charge in [-0.25, -0.2) is 0 Å². The van der Waals surface area contributed by atoms with Crippen LogP contribution in [0.1, 0.15) is 33.1 Å². The zero-order valence-corrected chi connectivity index (χ0v) is 11.3. The molecule has 0 radical (unpaired) electrons. The van der Waals surface area contributed by atoms with Crippen molar-refractivity contribution >= 4 is 5.91 Å². The molecule has 1 aliphatic heterocycles. The lowest BCUT2D eigenvalue weighted by molar-refractivity contribution is -0.158. The van der Waals surface area contributed by atoms with Crippen molar-refractivity contribution in [1.82, 2.24) is 10.2 Å². The van der Waals surface area contributed by atoms with Crippen LogP contribution in [0.4, 0.5) is 13.2 Å². The summed E-state index contributed by atoms with van der Waals surface area (Å²) in [7, 11) is 0. The molecule has 1 rings (SSSR count). The average molecular weight is 282 g/mol. The minimum absolute atomic E-state index is 0.102. The van der Waals surface area contributed by atoms with Gasteiger partial charge in [-0.1, -0.05) is 13.8 Å². The van der Waals surface area contributed by atoms with E-state index in [-0.39, 0.29) is 13.2 Å². The van der Waals surface area contributed by atoms with E-state index in [0.717, 1.165) is 4.90 Å². The number of aliphatic hydroxyl groups is 1. The number of likely N-dealkylation sites (tertiary alicyclic amines) is 1. The van der Waals surface area contributed by atoms with Crippen LogP contribution in [0.5, 0.6) is 0 Å². The third-order valence-corrected chi connectivity index (χ3v) is 3.80. The Morgan fingerprint density at radius 3 is 2.37 bits per heavy atom. The van der Waals surface area contributed by atoms with Gasteiger partial charge in [0.2, 0.25) is 5.91 Å². The summed E-state index contributed by atoms with van der Waals surface area (Å²) in [6.45, 7) is 2.52. The highest BCUT2D eigenvalue weighted by molar-refractivity contribution is 5.84. The van der Waals surface area contributed by atoms with E-state index in [1.54, 1.807) is 0 Å². The van der Waals surface area contributed by atoms with Crippen LogP contribution in [0.25, 0.3) is 0 Å². The number of hydrogen-bond acceptors (Lipinski definition) is 3. The van der Waals surface area contributed by atoms with Gasteiger partial charge in [0.1, 0.15) is 6.54 Å². The Kier molecular flexibility index (Phi) is 5.20. The van der Waals surface area contributed by atoms with Gasteiger partial charge in [-0.2, -0.15) is 13.2 Å². The summed E-state index contributed by atoms with van der Waals surface area (Å²) in [5.74, 6) is -0.531. The SMILES string of the molecule is CCC(CC)(CO)NC1CCN(CC(F)(F)F)C1=O. The first-order valence-electron chi connectivity index (χ1n) is 6.51. The number of carbonyl (C=O) groups is 1. The topological polar surface area (TPSA) is 52.6 Å². The molecule has 0 aliphatic carbocycles. The Balaban J connectivity index is 2.65. The molecule has 7 heteroatoms. The summed E-state index contributed by atoms with van der Waals surface area (Å²) in [6.07, 6.45) is -2.79. The summed E-state index contributed by atoms with van der Waals surface area (Å²) >= 11 is 0. The molecule has 19 heavy (non-hydrogen) atoms. The van der Waals surface area contributed by atoms with Crippen molar-refractivity contribution < 1.29 is 23.1 Å². The van der Waals surface area contributed by atoms with Crippen LogP contribution in [0.15, 0.2) is 0 Å². The van der Waals surface area contributed by atoms with Crippen LogP contribution in [-0.4, -0.2) is 53.4 Å². The molecule has 1 amide bonds. The second-order valence-corrected chi connectivity index (χ2v) is 5.01. The minimum Gasteiger partial charge on any atom is -0.394 e. The molecule has 112 valence electrons. The highest BCUT2D eigenvalue weighted by Crippen LogP contribution is 2.23. The first-order valence-corrected chi connectivity index (χ1v) is 6.51. The number of halogens is 3. The van der Waals surface area contributed by atoms with E-state index in [1.807, 2.05) is 13.8 Å². The largest absolute Gasteiger partial charge is 0.406 e. The molecular weight excluding hydrogens is 261 g/mol. The van der Waals surface area contributed by atoms with E-state index in [9.17, 15) is 23.1 Å². The van der Waals surface area contributed by atoms with Crippen LogP contribution in [0, 0.1) is 0 Å². The van der Waals surface area contributed by atoms with Crippen molar-refractivity contribution in [3.05, 3.63) is 0 Å². The van der Waals surface area contributed by atoms with Gasteiger partial charge in [0.25, 0.3) is 0 Å².